The molecule has 0 amide bonds. The molecule has 0 aliphatic rings. The van der Waals surface area contributed by atoms with E-state index in [1.54, 1.807) is 0 Å². The first-order valence-corrected chi connectivity index (χ1v) is 7.15. The van der Waals surface area contributed by atoms with Crippen molar-refractivity contribution in [3.8, 4) is 11.8 Å². The number of ether oxygens (including phenoxy) is 2. The first kappa shape index (κ1) is 15.5. The molecule has 5 heteroatoms. The fourth-order valence-electron chi connectivity index (χ4n) is 1.67. The Morgan fingerprint density at radius 3 is 2.16 bits per heavy atom. The Bertz CT molecular complexity index is 359. The van der Waals surface area contributed by atoms with Crippen molar-refractivity contribution in [3.63, 3.8) is 0 Å². The van der Waals surface area contributed by atoms with Crippen molar-refractivity contribution in [3.05, 3.63) is 6.33 Å². The third-order valence-electron chi connectivity index (χ3n) is 2.74. The number of unbranched alkanes of at least 4 members (excludes halogenated alkanes) is 4. The van der Waals surface area contributed by atoms with Gasteiger partial charge in [-0.15, -0.1) is 0 Å². The summed E-state index contributed by atoms with van der Waals surface area (Å²) < 4.78 is 11.0. The molecule has 1 aromatic heterocycles. The molecule has 108 valence electrons. The molecule has 1 rings (SSSR count). The maximum atomic E-state index is 5.91. The van der Waals surface area contributed by atoms with Gasteiger partial charge in [0.1, 0.15) is 6.33 Å². The van der Waals surface area contributed by atoms with Gasteiger partial charge in [0.2, 0.25) is 11.8 Å². The van der Waals surface area contributed by atoms with E-state index in [9.17, 15) is 0 Å². The summed E-state index contributed by atoms with van der Waals surface area (Å²) in [5, 5.41) is 0. The molecular weight excluding hydrogens is 242 g/mol. The highest BCUT2D eigenvalue weighted by Gasteiger charge is 2.09. The zero-order valence-electron chi connectivity index (χ0n) is 12.0. The van der Waals surface area contributed by atoms with Gasteiger partial charge in [0.25, 0.3) is 0 Å². The predicted octanol–water partition coefficient (Wildman–Crippen LogP) is 3.20. The molecule has 0 atom stereocenters. The number of nitrogens with zero attached hydrogens (tertiary/aromatic N) is 2. The molecule has 0 unspecified atom stereocenters. The number of hydrogen-bond acceptors (Lipinski definition) is 5. The van der Waals surface area contributed by atoms with Gasteiger partial charge in [-0.3, -0.25) is 0 Å². The highest BCUT2D eigenvalue weighted by molar-refractivity contribution is 5.55. The van der Waals surface area contributed by atoms with Crippen molar-refractivity contribution >= 4 is 5.69 Å². The summed E-state index contributed by atoms with van der Waals surface area (Å²) in [6, 6.07) is 0. The molecule has 0 fully saturated rings. The van der Waals surface area contributed by atoms with E-state index in [1.165, 1.54) is 32.0 Å². The van der Waals surface area contributed by atoms with Crippen LogP contribution in [0.4, 0.5) is 5.69 Å². The molecule has 0 aromatic carbocycles. The Balaban J connectivity index is 2.36. The summed E-state index contributed by atoms with van der Waals surface area (Å²) in [5.41, 5.74) is 6.30. The van der Waals surface area contributed by atoms with E-state index in [-0.39, 0.29) is 0 Å². The fraction of sp³-hybridized carbons (Fsp3) is 0.714. The Kier molecular flexibility index (Phi) is 7.70. The Hall–Kier alpha value is -1.52. The SMILES string of the molecule is CCCCCCCOc1ncnc(OCCC)c1N. The van der Waals surface area contributed by atoms with E-state index >= 15 is 0 Å². The van der Waals surface area contributed by atoms with Gasteiger partial charge < -0.3 is 15.2 Å². The highest BCUT2D eigenvalue weighted by Crippen LogP contribution is 2.26. The number of hydrogen-bond donors (Lipinski definition) is 1. The maximum absolute atomic E-state index is 5.91. The van der Waals surface area contributed by atoms with E-state index in [0.717, 1.165) is 12.8 Å². The van der Waals surface area contributed by atoms with Crippen LogP contribution in [-0.4, -0.2) is 23.2 Å². The normalized spacial score (nSPS) is 10.4. The second kappa shape index (κ2) is 9.42. The monoisotopic (exact) mass is 267 g/mol. The zero-order valence-corrected chi connectivity index (χ0v) is 12.0. The van der Waals surface area contributed by atoms with E-state index in [4.69, 9.17) is 15.2 Å². The number of nitrogens with two attached hydrogens (primary N) is 1. The van der Waals surface area contributed by atoms with Gasteiger partial charge in [-0.25, -0.2) is 0 Å². The lowest BCUT2D eigenvalue weighted by Gasteiger charge is -2.10. The average Bonchev–Trinajstić information content (AvgIpc) is 2.43. The average molecular weight is 267 g/mol. The lowest BCUT2D eigenvalue weighted by Crippen LogP contribution is -2.06. The number of rotatable bonds is 10. The summed E-state index contributed by atoms with van der Waals surface area (Å²) in [6.45, 7) is 5.47. The van der Waals surface area contributed by atoms with Gasteiger partial charge in [0, 0.05) is 0 Å². The minimum Gasteiger partial charge on any atom is -0.476 e. The standard InChI is InChI=1S/C14H25N3O2/c1-3-5-6-7-8-10-19-14-12(15)13(16-11-17-14)18-9-4-2/h11H,3-10,15H2,1-2H3. The molecule has 0 saturated carbocycles. The van der Waals surface area contributed by atoms with E-state index in [2.05, 4.69) is 16.9 Å². The third kappa shape index (κ3) is 5.77. The van der Waals surface area contributed by atoms with Gasteiger partial charge in [0.05, 0.1) is 13.2 Å². The van der Waals surface area contributed by atoms with Crippen LogP contribution >= 0.6 is 0 Å². The molecule has 5 nitrogen and oxygen atoms in total. The largest absolute Gasteiger partial charge is 0.476 e. The Morgan fingerprint density at radius 1 is 0.895 bits per heavy atom. The van der Waals surface area contributed by atoms with Crippen LogP contribution in [0.5, 0.6) is 11.8 Å². The highest BCUT2D eigenvalue weighted by atomic mass is 16.5. The van der Waals surface area contributed by atoms with Crippen molar-refractivity contribution < 1.29 is 9.47 Å². The Labute approximate surface area is 115 Å². The topological polar surface area (TPSA) is 70.3 Å². The molecule has 0 saturated heterocycles. The van der Waals surface area contributed by atoms with Crippen LogP contribution in [0.25, 0.3) is 0 Å². The van der Waals surface area contributed by atoms with Crippen LogP contribution < -0.4 is 15.2 Å². The summed E-state index contributed by atoms with van der Waals surface area (Å²) >= 11 is 0. The predicted molar refractivity (Wildman–Crippen MR) is 76.5 cm³/mol. The number of aromatic nitrogens is 2. The van der Waals surface area contributed by atoms with Crippen molar-refractivity contribution in [2.24, 2.45) is 0 Å². The first-order chi connectivity index (χ1) is 9.29. The molecule has 19 heavy (non-hydrogen) atoms. The number of nitrogen functional groups attached to an aromatic ring is 1. The maximum Gasteiger partial charge on any atom is 0.244 e. The minimum absolute atomic E-state index is 0.393. The number of anilines is 1. The van der Waals surface area contributed by atoms with Crippen molar-refractivity contribution in [2.45, 2.75) is 52.4 Å². The fourth-order valence-corrected chi connectivity index (χ4v) is 1.67. The quantitative estimate of drug-likeness (QED) is 0.659. The van der Waals surface area contributed by atoms with Crippen LogP contribution in [0.15, 0.2) is 6.33 Å². The first-order valence-electron chi connectivity index (χ1n) is 7.15. The van der Waals surface area contributed by atoms with Crippen LogP contribution in [-0.2, 0) is 0 Å². The van der Waals surface area contributed by atoms with Crippen LogP contribution in [0.3, 0.4) is 0 Å². The minimum atomic E-state index is 0.393. The molecule has 2 N–H and O–H groups in total. The van der Waals surface area contributed by atoms with Gasteiger partial charge in [-0.05, 0) is 12.8 Å². The van der Waals surface area contributed by atoms with Crippen molar-refractivity contribution in [2.75, 3.05) is 18.9 Å². The van der Waals surface area contributed by atoms with Crippen LogP contribution in [0.2, 0.25) is 0 Å². The molecule has 0 aliphatic carbocycles. The smallest absolute Gasteiger partial charge is 0.244 e. The van der Waals surface area contributed by atoms with E-state index in [1.807, 2.05) is 6.92 Å². The molecule has 0 bridgehead atoms. The summed E-state index contributed by atoms with van der Waals surface area (Å²) in [7, 11) is 0. The van der Waals surface area contributed by atoms with Crippen molar-refractivity contribution in [1.82, 2.24) is 9.97 Å². The summed E-state index contributed by atoms with van der Waals surface area (Å²) in [5.74, 6) is 0.842. The molecule has 0 aliphatic heterocycles. The molecule has 1 aromatic rings. The van der Waals surface area contributed by atoms with Gasteiger partial charge >= 0.3 is 0 Å². The van der Waals surface area contributed by atoms with Crippen LogP contribution in [0.1, 0.15) is 52.4 Å². The second-order valence-corrected chi connectivity index (χ2v) is 4.51. The molecule has 0 spiro atoms. The summed E-state index contributed by atoms with van der Waals surface area (Å²) in [6.07, 6.45) is 8.32. The lowest BCUT2D eigenvalue weighted by atomic mass is 10.2. The lowest BCUT2D eigenvalue weighted by molar-refractivity contribution is 0.282. The zero-order chi connectivity index (χ0) is 13.9. The second-order valence-electron chi connectivity index (χ2n) is 4.51. The molecule has 0 radical (unpaired) electrons. The van der Waals surface area contributed by atoms with Crippen LogP contribution in [0, 0.1) is 0 Å². The summed E-state index contributed by atoms with van der Waals surface area (Å²) in [4.78, 5) is 8.05. The van der Waals surface area contributed by atoms with Gasteiger partial charge in [0.15, 0.2) is 5.69 Å². The Morgan fingerprint density at radius 2 is 1.53 bits per heavy atom. The molecular formula is C14H25N3O2. The molecule has 1 heterocycles. The van der Waals surface area contributed by atoms with Gasteiger partial charge in [-0.1, -0.05) is 39.5 Å². The van der Waals surface area contributed by atoms with Gasteiger partial charge in [-0.2, -0.15) is 9.97 Å². The van der Waals surface area contributed by atoms with E-state index in [0.29, 0.717) is 30.7 Å². The van der Waals surface area contributed by atoms with Crippen molar-refractivity contribution in [1.29, 1.82) is 0 Å². The third-order valence-corrected chi connectivity index (χ3v) is 2.74. The van der Waals surface area contributed by atoms with E-state index < -0.39 is 0 Å².